The lowest BCUT2D eigenvalue weighted by molar-refractivity contribution is 0.0945. The third kappa shape index (κ3) is 3.79. The third-order valence-corrected chi connectivity index (χ3v) is 3.86. The van der Waals surface area contributed by atoms with Crippen molar-refractivity contribution in [1.29, 1.82) is 0 Å². The van der Waals surface area contributed by atoms with Crippen molar-refractivity contribution in [2.75, 3.05) is 20.6 Å². The fraction of sp³-hybridized carbons (Fsp3) is 0.316. The van der Waals surface area contributed by atoms with Crippen LogP contribution in [0.1, 0.15) is 33.0 Å². The highest BCUT2D eigenvalue weighted by Crippen LogP contribution is 2.24. The molecule has 0 saturated carbocycles. The summed E-state index contributed by atoms with van der Waals surface area (Å²) in [6.45, 7) is 4.91. The molecule has 2 nitrogen and oxygen atoms in total. The van der Waals surface area contributed by atoms with Gasteiger partial charge in [0.2, 0.25) is 0 Å². The SMILES string of the molecule is Cc1ccc([C@H](CN(C)C)C(=O)c2ccccc2)cc1C. The summed E-state index contributed by atoms with van der Waals surface area (Å²) in [5.74, 6) is 0.0641. The van der Waals surface area contributed by atoms with E-state index in [9.17, 15) is 4.79 Å². The maximum atomic E-state index is 12.9. The van der Waals surface area contributed by atoms with Crippen LogP contribution in [-0.2, 0) is 0 Å². The zero-order valence-electron chi connectivity index (χ0n) is 13.3. The van der Waals surface area contributed by atoms with E-state index in [1.54, 1.807) is 0 Å². The summed E-state index contributed by atoms with van der Waals surface area (Å²) in [5, 5.41) is 0. The molecule has 0 aliphatic heterocycles. The minimum Gasteiger partial charge on any atom is -0.308 e. The van der Waals surface area contributed by atoms with E-state index in [2.05, 4.69) is 36.9 Å². The summed E-state index contributed by atoms with van der Waals surface area (Å²) in [4.78, 5) is 14.9. The second-order valence-electron chi connectivity index (χ2n) is 5.89. The number of likely N-dealkylation sites (N-methyl/N-ethyl adjacent to an activating group) is 1. The molecule has 0 unspecified atom stereocenters. The van der Waals surface area contributed by atoms with Crippen molar-refractivity contribution in [1.82, 2.24) is 4.90 Å². The van der Waals surface area contributed by atoms with Gasteiger partial charge in [-0.3, -0.25) is 4.79 Å². The molecule has 2 rings (SSSR count). The Hall–Kier alpha value is -1.93. The van der Waals surface area contributed by atoms with E-state index in [0.29, 0.717) is 0 Å². The number of nitrogens with zero attached hydrogens (tertiary/aromatic N) is 1. The number of carbonyl (C=O) groups excluding carboxylic acids is 1. The lowest BCUT2D eigenvalue weighted by atomic mass is 9.88. The molecule has 2 heteroatoms. The Balaban J connectivity index is 2.38. The van der Waals surface area contributed by atoms with Crippen LogP contribution >= 0.6 is 0 Å². The van der Waals surface area contributed by atoms with Crippen LogP contribution in [0.25, 0.3) is 0 Å². The van der Waals surface area contributed by atoms with Gasteiger partial charge in [0.25, 0.3) is 0 Å². The van der Waals surface area contributed by atoms with Gasteiger partial charge in [0.05, 0.1) is 5.92 Å². The van der Waals surface area contributed by atoms with E-state index < -0.39 is 0 Å². The van der Waals surface area contributed by atoms with Crippen molar-refractivity contribution in [2.45, 2.75) is 19.8 Å². The van der Waals surface area contributed by atoms with Crippen LogP contribution in [0.5, 0.6) is 0 Å². The first-order valence-electron chi connectivity index (χ1n) is 7.30. The third-order valence-electron chi connectivity index (χ3n) is 3.86. The van der Waals surface area contributed by atoms with Crippen molar-refractivity contribution in [3.8, 4) is 0 Å². The molecule has 0 aromatic heterocycles. The normalized spacial score (nSPS) is 12.4. The van der Waals surface area contributed by atoms with Gasteiger partial charge in [0.1, 0.15) is 0 Å². The first kappa shape index (κ1) is 15.5. The largest absolute Gasteiger partial charge is 0.308 e. The van der Waals surface area contributed by atoms with E-state index in [0.717, 1.165) is 17.7 Å². The molecule has 2 aromatic carbocycles. The smallest absolute Gasteiger partial charge is 0.171 e. The lowest BCUT2D eigenvalue weighted by Gasteiger charge is -2.21. The molecule has 2 aromatic rings. The molecule has 0 N–H and O–H groups in total. The van der Waals surface area contributed by atoms with Gasteiger partial charge in [-0.25, -0.2) is 0 Å². The van der Waals surface area contributed by atoms with Crippen molar-refractivity contribution in [3.63, 3.8) is 0 Å². The molecule has 0 spiro atoms. The predicted octanol–water partition coefficient (Wildman–Crippen LogP) is 3.83. The Morgan fingerprint density at radius 2 is 1.67 bits per heavy atom. The number of carbonyl (C=O) groups is 1. The summed E-state index contributed by atoms with van der Waals surface area (Å²) >= 11 is 0. The van der Waals surface area contributed by atoms with Crippen LogP contribution in [0.3, 0.4) is 0 Å². The molecule has 0 fully saturated rings. The van der Waals surface area contributed by atoms with Crippen LogP contribution in [0.15, 0.2) is 48.5 Å². The molecule has 110 valence electrons. The van der Waals surface area contributed by atoms with E-state index in [-0.39, 0.29) is 11.7 Å². The minimum atomic E-state index is -0.123. The molecule has 1 atom stereocenters. The lowest BCUT2D eigenvalue weighted by Crippen LogP contribution is -2.26. The zero-order chi connectivity index (χ0) is 15.4. The van der Waals surface area contributed by atoms with Gasteiger partial charge in [-0.15, -0.1) is 0 Å². The van der Waals surface area contributed by atoms with Gasteiger partial charge in [0, 0.05) is 12.1 Å². The number of ketones is 1. The van der Waals surface area contributed by atoms with Gasteiger partial charge in [-0.05, 0) is 44.6 Å². The molecular formula is C19H23NO. The highest BCUT2D eigenvalue weighted by atomic mass is 16.1. The minimum absolute atomic E-state index is 0.123. The molecule has 0 heterocycles. The summed E-state index contributed by atoms with van der Waals surface area (Å²) < 4.78 is 0. The second-order valence-corrected chi connectivity index (χ2v) is 5.89. The Labute approximate surface area is 127 Å². The van der Waals surface area contributed by atoms with Crippen molar-refractivity contribution < 1.29 is 4.79 Å². The fourth-order valence-electron chi connectivity index (χ4n) is 2.49. The van der Waals surface area contributed by atoms with E-state index in [1.165, 1.54) is 11.1 Å². The molecule has 0 radical (unpaired) electrons. The predicted molar refractivity (Wildman–Crippen MR) is 88.0 cm³/mol. The monoisotopic (exact) mass is 281 g/mol. The van der Waals surface area contributed by atoms with Gasteiger partial charge in [-0.2, -0.15) is 0 Å². The fourth-order valence-corrected chi connectivity index (χ4v) is 2.49. The molecule has 0 aliphatic carbocycles. The molecule has 21 heavy (non-hydrogen) atoms. The molecular weight excluding hydrogens is 258 g/mol. The Morgan fingerprint density at radius 1 is 1.00 bits per heavy atom. The van der Waals surface area contributed by atoms with E-state index in [1.807, 2.05) is 44.4 Å². The van der Waals surface area contributed by atoms with Crippen LogP contribution in [0.2, 0.25) is 0 Å². The quantitative estimate of drug-likeness (QED) is 0.776. The number of hydrogen-bond donors (Lipinski definition) is 0. The van der Waals surface area contributed by atoms with Crippen molar-refractivity contribution in [3.05, 3.63) is 70.8 Å². The average molecular weight is 281 g/mol. The topological polar surface area (TPSA) is 20.3 Å². The molecule has 0 saturated heterocycles. The maximum Gasteiger partial charge on any atom is 0.171 e. The Kier molecular flexibility index (Phi) is 4.92. The van der Waals surface area contributed by atoms with E-state index >= 15 is 0 Å². The number of benzene rings is 2. The van der Waals surface area contributed by atoms with Gasteiger partial charge >= 0.3 is 0 Å². The first-order valence-corrected chi connectivity index (χ1v) is 7.30. The van der Waals surface area contributed by atoms with Gasteiger partial charge in [-0.1, -0.05) is 48.5 Å². The standard InChI is InChI=1S/C19H23NO/c1-14-10-11-17(12-15(14)2)18(13-20(3)4)19(21)16-8-6-5-7-9-16/h5-12,18H,13H2,1-4H3/t18-/m0/s1. The number of Topliss-reactive ketones (excluding diaryl/α,β-unsaturated/α-hetero) is 1. The van der Waals surface area contributed by atoms with Crippen LogP contribution in [-0.4, -0.2) is 31.3 Å². The summed E-state index contributed by atoms with van der Waals surface area (Å²) in [5.41, 5.74) is 4.37. The molecule has 0 aliphatic rings. The number of rotatable bonds is 5. The summed E-state index contributed by atoms with van der Waals surface area (Å²) in [6, 6.07) is 15.9. The first-order chi connectivity index (χ1) is 9.99. The number of hydrogen-bond acceptors (Lipinski definition) is 2. The highest BCUT2D eigenvalue weighted by Gasteiger charge is 2.22. The van der Waals surface area contributed by atoms with Gasteiger partial charge < -0.3 is 4.90 Å². The Bertz CT molecular complexity index is 617. The van der Waals surface area contributed by atoms with Crippen LogP contribution in [0.4, 0.5) is 0 Å². The van der Waals surface area contributed by atoms with Crippen molar-refractivity contribution >= 4 is 5.78 Å². The summed E-state index contributed by atoms with van der Waals surface area (Å²) in [6.07, 6.45) is 0. The zero-order valence-corrected chi connectivity index (χ0v) is 13.3. The second kappa shape index (κ2) is 6.68. The van der Waals surface area contributed by atoms with Crippen LogP contribution < -0.4 is 0 Å². The molecule has 0 amide bonds. The van der Waals surface area contributed by atoms with Crippen molar-refractivity contribution in [2.24, 2.45) is 0 Å². The van der Waals surface area contributed by atoms with E-state index in [4.69, 9.17) is 0 Å². The van der Waals surface area contributed by atoms with Gasteiger partial charge in [0.15, 0.2) is 5.78 Å². The average Bonchev–Trinajstić information content (AvgIpc) is 2.48. The van der Waals surface area contributed by atoms with Crippen LogP contribution in [0, 0.1) is 13.8 Å². The Morgan fingerprint density at radius 3 is 2.24 bits per heavy atom. The summed E-state index contributed by atoms with van der Waals surface area (Å²) in [7, 11) is 4.01. The highest BCUT2D eigenvalue weighted by molar-refractivity contribution is 6.01. The maximum absolute atomic E-state index is 12.9. The number of aryl methyl sites for hydroxylation is 2. The molecule has 0 bridgehead atoms.